The molecular formula is C17H36N2O. The molecule has 2 unspecified atom stereocenters. The first-order valence-electron chi connectivity index (χ1n) is 8.71. The van der Waals surface area contributed by atoms with E-state index in [-0.39, 0.29) is 12.1 Å². The van der Waals surface area contributed by atoms with Crippen LogP contribution < -0.4 is 5.32 Å². The Balaban J connectivity index is 2.32. The fourth-order valence-electron chi connectivity index (χ4n) is 3.20. The van der Waals surface area contributed by atoms with Crippen molar-refractivity contribution in [2.24, 2.45) is 5.92 Å². The van der Waals surface area contributed by atoms with Crippen LogP contribution in [0.1, 0.15) is 65.7 Å². The summed E-state index contributed by atoms with van der Waals surface area (Å²) < 4.78 is 0. The maximum absolute atomic E-state index is 9.63. The Kier molecular flexibility index (Phi) is 8.74. The Hall–Kier alpha value is -0.120. The number of aliphatic hydroxyl groups is 1. The van der Waals surface area contributed by atoms with Gasteiger partial charge >= 0.3 is 0 Å². The van der Waals surface area contributed by atoms with Gasteiger partial charge in [0.25, 0.3) is 0 Å². The summed E-state index contributed by atoms with van der Waals surface area (Å²) in [6.07, 6.45) is 9.03. The van der Waals surface area contributed by atoms with Crippen LogP contribution in [0.15, 0.2) is 0 Å². The summed E-state index contributed by atoms with van der Waals surface area (Å²) in [4.78, 5) is 2.61. The molecule has 0 aromatic carbocycles. The molecular weight excluding hydrogens is 248 g/mol. The molecule has 120 valence electrons. The van der Waals surface area contributed by atoms with E-state index in [0.29, 0.717) is 0 Å². The Morgan fingerprint density at radius 1 is 1.20 bits per heavy atom. The zero-order chi connectivity index (χ0) is 14.8. The van der Waals surface area contributed by atoms with Gasteiger partial charge in [-0.1, -0.05) is 26.7 Å². The van der Waals surface area contributed by atoms with Crippen molar-refractivity contribution in [3.8, 4) is 0 Å². The number of hydrogen-bond donors (Lipinski definition) is 2. The van der Waals surface area contributed by atoms with Gasteiger partial charge < -0.3 is 15.3 Å². The minimum Gasteiger partial charge on any atom is -0.394 e. The molecule has 3 nitrogen and oxygen atoms in total. The highest BCUT2D eigenvalue weighted by atomic mass is 16.3. The van der Waals surface area contributed by atoms with Gasteiger partial charge in [-0.05, 0) is 71.1 Å². The summed E-state index contributed by atoms with van der Waals surface area (Å²) in [7, 11) is 0. The van der Waals surface area contributed by atoms with Gasteiger partial charge in [0, 0.05) is 5.54 Å². The van der Waals surface area contributed by atoms with E-state index in [1.807, 2.05) is 0 Å². The van der Waals surface area contributed by atoms with Crippen LogP contribution in [0.3, 0.4) is 0 Å². The van der Waals surface area contributed by atoms with E-state index < -0.39 is 0 Å². The highest BCUT2D eigenvalue weighted by molar-refractivity contribution is 4.84. The quantitative estimate of drug-likeness (QED) is 0.683. The lowest BCUT2D eigenvalue weighted by Crippen LogP contribution is -2.48. The summed E-state index contributed by atoms with van der Waals surface area (Å²) in [5.74, 6) is 0.951. The Bertz CT molecular complexity index is 247. The monoisotopic (exact) mass is 284 g/mol. The van der Waals surface area contributed by atoms with E-state index in [1.54, 1.807) is 0 Å². The summed E-state index contributed by atoms with van der Waals surface area (Å²) in [5, 5.41) is 13.1. The van der Waals surface area contributed by atoms with Gasteiger partial charge in [-0.15, -0.1) is 0 Å². The van der Waals surface area contributed by atoms with Gasteiger partial charge in [0.1, 0.15) is 0 Å². The molecule has 1 aliphatic rings. The molecule has 0 aromatic rings. The van der Waals surface area contributed by atoms with Gasteiger partial charge in [0.05, 0.1) is 6.61 Å². The van der Waals surface area contributed by atoms with E-state index in [1.165, 1.54) is 45.2 Å². The Labute approximate surface area is 126 Å². The topological polar surface area (TPSA) is 35.5 Å². The van der Waals surface area contributed by atoms with Crippen molar-refractivity contribution in [1.82, 2.24) is 10.2 Å². The van der Waals surface area contributed by atoms with E-state index >= 15 is 0 Å². The van der Waals surface area contributed by atoms with Crippen LogP contribution in [0.5, 0.6) is 0 Å². The molecule has 0 spiro atoms. The fourth-order valence-corrected chi connectivity index (χ4v) is 3.20. The second kappa shape index (κ2) is 9.75. The third-order valence-electron chi connectivity index (χ3n) is 4.77. The second-order valence-electron chi connectivity index (χ2n) is 6.82. The predicted molar refractivity (Wildman–Crippen MR) is 87.1 cm³/mol. The van der Waals surface area contributed by atoms with Gasteiger partial charge in [-0.2, -0.15) is 0 Å². The highest BCUT2D eigenvalue weighted by Crippen LogP contribution is 2.22. The van der Waals surface area contributed by atoms with E-state index in [0.717, 1.165) is 31.8 Å². The minimum atomic E-state index is -0.106. The third-order valence-corrected chi connectivity index (χ3v) is 4.77. The average Bonchev–Trinajstić information content (AvgIpc) is 2.69. The molecule has 2 atom stereocenters. The van der Waals surface area contributed by atoms with Gasteiger partial charge in [0.2, 0.25) is 0 Å². The molecule has 1 heterocycles. The molecule has 1 aliphatic heterocycles. The summed E-state index contributed by atoms with van der Waals surface area (Å²) in [6, 6.07) is 0. The van der Waals surface area contributed by atoms with Crippen LogP contribution in [-0.2, 0) is 0 Å². The molecule has 1 saturated heterocycles. The summed E-state index contributed by atoms with van der Waals surface area (Å²) in [5.41, 5.74) is -0.106. The van der Waals surface area contributed by atoms with Gasteiger partial charge in [-0.25, -0.2) is 0 Å². The van der Waals surface area contributed by atoms with Crippen molar-refractivity contribution >= 4 is 0 Å². The van der Waals surface area contributed by atoms with Crippen LogP contribution in [0.4, 0.5) is 0 Å². The lowest BCUT2D eigenvalue weighted by atomic mass is 9.96. The van der Waals surface area contributed by atoms with E-state index in [2.05, 4.69) is 31.0 Å². The van der Waals surface area contributed by atoms with Crippen molar-refractivity contribution in [2.75, 3.05) is 32.8 Å². The number of hydrogen-bond acceptors (Lipinski definition) is 3. The number of rotatable bonds is 9. The average molecular weight is 284 g/mol. The van der Waals surface area contributed by atoms with Crippen LogP contribution in [0, 0.1) is 5.92 Å². The SMILES string of the molecule is CCCNC(C)(CO)CCN1CCCC(CCC)CC1. The molecule has 1 fully saturated rings. The van der Waals surface area contributed by atoms with Gasteiger partial charge in [-0.3, -0.25) is 0 Å². The zero-order valence-corrected chi connectivity index (χ0v) is 14.0. The van der Waals surface area contributed by atoms with Crippen molar-refractivity contribution in [1.29, 1.82) is 0 Å². The molecule has 0 amide bonds. The molecule has 1 rings (SSSR count). The first-order valence-corrected chi connectivity index (χ1v) is 8.71. The van der Waals surface area contributed by atoms with Crippen LogP contribution in [-0.4, -0.2) is 48.3 Å². The summed E-state index contributed by atoms with van der Waals surface area (Å²) in [6.45, 7) is 11.5. The number of aliphatic hydroxyl groups excluding tert-OH is 1. The van der Waals surface area contributed by atoms with Crippen molar-refractivity contribution in [3.63, 3.8) is 0 Å². The first-order chi connectivity index (χ1) is 9.63. The minimum absolute atomic E-state index is 0.106. The molecule has 20 heavy (non-hydrogen) atoms. The molecule has 0 saturated carbocycles. The van der Waals surface area contributed by atoms with Crippen LogP contribution >= 0.6 is 0 Å². The first kappa shape index (κ1) is 17.9. The lowest BCUT2D eigenvalue weighted by Gasteiger charge is -2.31. The maximum atomic E-state index is 9.63. The smallest absolute Gasteiger partial charge is 0.0611 e. The molecule has 2 N–H and O–H groups in total. The van der Waals surface area contributed by atoms with Crippen molar-refractivity contribution < 1.29 is 5.11 Å². The number of nitrogens with one attached hydrogen (secondary N) is 1. The van der Waals surface area contributed by atoms with E-state index in [9.17, 15) is 5.11 Å². The van der Waals surface area contributed by atoms with Gasteiger partial charge in [0.15, 0.2) is 0 Å². The van der Waals surface area contributed by atoms with Crippen molar-refractivity contribution in [2.45, 2.75) is 71.3 Å². The third kappa shape index (κ3) is 6.55. The largest absolute Gasteiger partial charge is 0.394 e. The number of nitrogens with zero attached hydrogens (tertiary/aromatic N) is 1. The summed E-state index contributed by atoms with van der Waals surface area (Å²) >= 11 is 0. The fraction of sp³-hybridized carbons (Fsp3) is 1.00. The molecule has 0 aromatic heterocycles. The maximum Gasteiger partial charge on any atom is 0.0611 e. The molecule has 0 bridgehead atoms. The Morgan fingerprint density at radius 3 is 2.65 bits per heavy atom. The standard InChI is InChI=1S/C17H36N2O/c1-4-7-16-8-6-12-19(13-9-16)14-10-17(3,15-20)18-11-5-2/h16,18,20H,4-15H2,1-3H3. The number of likely N-dealkylation sites (tertiary alicyclic amines) is 1. The normalized spacial score (nSPS) is 24.3. The molecule has 0 radical (unpaired) electrons. The lowest BCUT2D eigenvalue weighted by molar-refractivity contribution is 0.146. The van der Waals surface area contributed by atoms with E-state index in [4.69, 9.17) is 0 Å². The van der Waals surface area contributed by atoms with Crippen molar-refractivity contribution in [3.05, 3.63) is 0 Å². The van der Waals surface area contributed by atoms with Crippen LogP contribution in [0.2, 0.25) is 0 Å². The Morgan fingerprint density at radius 2 is 2.00 bits per heavy atom. The predicted octanol–water partition coefficient (Wildman–Crippen LogP) is 3.03. The molecule has 3 heteroatoms. The second-order valence-corrected chi connectivity index (χ2v) is 6.82. The highest BCUT2D eigenvalue weighted by Gasteiger charge is 2.24. The molecule has 0 aliphatic carbocycles. The van der Waals surface area contributed by atoms with Crippen LogP contribution in [0.25, 0.3) is 0 Å². The zero-order valence-electron chi connectivity index (χ0n) is 14.0.